The second kappa shape index (κ2) is 10.0. The third-order valence-electron chi connectivity index (χ3n) is 3.87. The molecule has 2 unspecified atom stereocenters. The van der Waals surface area contributed by atoms with Crippen molar-refractivity contribution in [2.24, 2.45) is 5.92 Å². The van der Waals surface area contributed by atoms with Crippen LogP contribution in [0.15, 0.2) is 24.3 Å². The SMILES string of the molecule is CCOCCCN(CC(C)C(=O)O)C(=O)C(C)c1cccc(F)c1. The van der Waals surface area contributed by atoms with Crippen molar-refractivity contribution in [2.45, 2.75) is 33.1 Å². The van der Waals surface area contributed by atoms with Crippen LogP contribution in [0.25, 0.3) is 0 Å². The van der Waals surface area contributed by atoms with Gasteiger partial charge in [-0.05, 0) is 38.0 Å². The Morgan fingerprint density at radius 2 is 2.04 bits per heavy atom. The van der Waals surface area contributed by atoms with Crippen LogP contribution in [0, 0.1) is 11.7 Å². The predicted molar refractivity (Wildman–Crippen MR) is 89.3 cm³/mol. The van der Waals surface area contributed by atoms with Crippen LogP contribution in [-0.4, -0.2) is 48.2 Å². The van der Waals surface area contributed by atoms with E-state index in [4.69, 9.17) is 9.84 Å². The monoisotopic (exact) mass is 339 g/mol. The van der Waals surface area contributed by atoms with Gasteiger partial charge in [0.05, 0.1) is 11.8 Å². The van der Waals surface area contributed by atoms with E-state index in [1.165, 1.54) is 17.0 Å². The molecule has 0 fully saturated rings. The van der Waals surface area contributed by atoms with Crippen molar-refractivity contribution in [3.63, 3.8) is 0 Å². The first-order valence-corrected chi connectivity index (χ1v) is 8.21. The van der Waals surface area contributed by atoms with Gasteiger partial charge in [-0.2, -0.15) is 0 Å². The van der Waals surface area contributed by atoms with Crippen molar-refractivity contribution >= 4 is 11.9 Å². The summed E-state index contributed by atoms with van der Waals surface area (Å²) < 4.78 is 18.6. The predicted octanol–water partition coefficient (Wildman–Crippen LogP) is 2.91. The second-order valence-corrected chi connectivity index (χ2v) is 5.85. The minimum Gasteiger partial charge on any atom is -0.481 e. The number of carboxylic acid groups (broad SMARTS) is 1. The Morgan fingerprint density at radius 3 is 2.62 bits per heavy atom. The molecule has 1 N–H and O–H groups in total. The Kier molecular flexibility index (Phi) is 8.40. The molecule has 0 aliphatic heterocycles. The third-order valence-corrected chi connectivity index (χ3v) is 3.87. The Bertz CT molecular complexity index is 550. The Labute approximate surface area is 142 Å². The van der Waals surface area contributed by atoms with Gasteiger partial charge in [-0.1, -0.05) is 19.1 Å². The van der Waals surface area contributed by atoms with E-state index in [9.17, 15) is 14.0 Å². The van der Waals surface area contributed by atoms with Gasteiger partial charge in [-0.3, -0.25) is 9.59 Å². The van der Waals surface area contributed by atoms with Crippen LogP contribution in [0.1, 0.15) is 38.7 Å². The highest BCUT2D eigenvalue weighted by Crippen LogP contribution is 2.20. The zero-order valence-corrected chi connectivity index (χ0v) is 14.5. The molecular weight excluding hydrogens is 313 g/mol. The molecule has 0 aliphatic carbocycles. The van der Waals surface area contributed by atoms with Crippen LogP contribution in [0.5, 0.6) is 0 Å². The molecule has 0 heterocycles. The number of carboxylic acids is 1. The molecule has 1 amide bonds. The van der Waals surface area contributed by atoms with Gasteiger partial charge >= 0.3 is 5.97 Å². The highest BCUT2D eigenvalue weighted by molar-refractivity contribution is 5.84. The fraction of sp³-hybridized carbons (Fsp3) is 0.556. The highest BCUT2D eigenvalue weighted by atomic mass is 19.1. The van der Waals surface area contributed by atoms with Crippen LogP contribution in [0.3, 0.4) is 0 Å². The summed E-state index contributed by atoms with van der Waals surface area (Å²) in [5.41, 5.74) is 0.581. The molecule has 0 spiro atoms. The van der Waals surface area contributed by atoms with Crippen molar-refractivity contribution in [3.8, 4) is 0 Å². The molecule has 5 nitrogen and oxygen atoms in total. The number of halogens is 1. The van der Waals surface area contributed by atoms with Gasteiger partial charge in [0.1, 0.15) is 5.82 Å². The number of aliphatic carboxylic acids is 1. The average molecular weight is 339 g/mol. The lowest BCUT2D eigenvalue weighted by atomic mass is 9.99. The van der Waals surface area contributed by atoms with E-state index in [-0.39, 0.29) is 12.5 Å². The number of carbonyl (C=O) groups excluding carboxylic acids is 1. The Balaban J connectivity index is 2.82. The van der Waals surface area contributed by atoms with E-state index in [1.54, 1.807) is 26.0 Å². The minimum absolute atomic E-state index is 0.125. The first-order chi connectivity index (χ1) is 11.4. The molecule has 1 aromatic rings. The van der Waals surface area contributed by atoms with Crippen LogP contribution >= 0.6 is 0 Å². The molecular formula is C18H26FNO4. The number of nitrogens with zero attached hydrogens (tertiary/aromatic N) is 1. The lowest BCUT2D eigenvalue weighted by molar-refractivity contribution is -0.143. The van der Waals surface area contributed by atoms with E-state index in [0.717, 1.165) is 0 Å². The lowest BCUT2D eigenvalue weighted by Gasteiger charge is -2.27. The zero-order valence-electron chi connectivity index (χ0n) is 14.5. The minimum atomic E-state index is -0.948. The van der Waals surface area contributed by atoms with E-state index in [2.05, 4.69) is 0 Å². The third kappa shape index (κ3) is 6.28. The maximum absolute atomic E-state index is 13.4. The largest absolute Gasteiger partial charge is 0.481 e. The number of rotatable bonds is 10. The number of hydrogen-bond acceptors (Lipinski definition) is 3. The van der Waals surface area contributed by atoms with Crippen LogP contribution < -0.4 is 0 Å². The summed E-state index contributed by atoms with van der Waals surface area (Å²) in [5, 5.41) is 9.10. The summed E-state index contributed by atoms with van der Waals surface area (Å²) in [4.78, 5) is 25.4. The molecule has 0 radical (unpaired) electrons. The van der Waals surface area contributed by atoms with Gasteiger partial charge in [-0.25, -0.2) is 4.39 Å². The van der Waals surface area contributed by atoms with Crippen LogP contribution in [-0.2, 0) is 14.3 Å². The quantitative estimate of drug-likeness (QED) is 0.666. The molecule has 0 saturated carbocycles. The maximum atomic E-state index is 13.4. The van der Waals surface area contributed by atoms with Crippen molar-refractivity contribution < 1.29 is 23.8 Å². The number of ether oxygens (including phenoxy) is 1. The van der Waals surface area contributed by atoms with E-state index < -0.39 is 23.6 Å². The highest BCUT2D eigenvalue weighted by Gasteiger charge is 2.25. The molecule has 1 rings (SSSR count). The molecule has 1 aromatic carbocycles. The number of carbonyl (C=O) groups is 2. The molecule has 0 aromatic heterocycles. The van der Waals surface area contributed by atoms with Gasteiger partial charge < -0.3 is 14.7 Å². The summed E-state index contributed by atoms with van der Waals surface area (Å²) in [6, 6.07) is 5.92. The first-order valence-electron chi connectivity index (χ1n) is 8.21. The molecule has 24 heavy (non-hydrogen) atoms. The Hall–Kier alpha value is -1.95. The number of hydrogen-bond donors (Lipinski definition) is 1. The summed E-state index contributed by atoms with van der Waals surface area (Å²) in [7, 11) is 0. The molecule has 0 aliphatic rings. The van der Waals surface area contributed by atoms with E-state index in [1.807, 2.05) is 6.92 Å². The van der Waals surface area contributed by atoms with Crippen molar-refractivity contribution in [2.75, 3.05) is 26.3 Å². The molecule has 6 heteroatoms. The smallest absolute Gasteiger partial charge is 0.308 e. The first kappa shape index (κ1) is 20.1. The zero-order chi connectivity index (χ0) is 18.1. The standard InChI is InChI=1S/C18H26FNO4/c1-4-24-10-6-9-20(12-13(2)18(22)23)17(21)14(3)15-7-5-8-16(19)11-15/h5,7-8,11,13-14H,4,6,9-10,12H2,1-3H3,(H,22,23). The molecule has 0 bridgehead atoms. The van der Waals surface area contributed by atoms with Gasteiger partial charge in [0.2, 0.25) is 5.91 Å². The normalized spacial score (nSPS) is 13.3. The fourth-order valence-electron chi connectivity index (χ4n) is 2.39. The molecule has 134 valence electrons. The molecule has 0 saturated heterocycles. The van der Waals surface area contributed by atoms with Gasteiger partial charge in [0.15, 0.2) is 0 Å². The lowest BCUT2D eigenvalue weighted by Crippen LogP contribution is -2.40. The van der Waals surface area contributed by atoms with E-state index in [0.29, 0.717) is 31.7 Å². The van der Waals surface area contributed by atoms with Crippen molar-refractivity contribution in [1.82, 2.24) is 4.90 Å². The van der Waals surface area contributed by atoms with Crippen molar-refractivity contribution in [1.29, 1.82) is 0 Å². The van der Waals surface area contributed by atoms with Crippen molar-refractivity contribution in [3.05, 3.63) is 35.6 Å². The van der Waals surface area contributed by atoms with Gasteiger partial charge in [0.25, 0.3) is 0 Å². The topological polar surface area (TPSA) is 66.8 Å². The Morgan fingerprint density at radius 1 is 1.33 bits per heavy atom. The molecule has 2 atom stereocenters. The maximum Gasteiger partial charge on any atom is 0.308 e. The van der Waals surface area contributed by atoms with Crippen LogP contribution in [0.2, 0.25) is 0 Å². The second-order valence-electron chi connectivity index (χ2n) is 5.85. The number of benzene rings is 1. The van der Waals surface area contributed by atoms with Gasteiger partial charge in [-0.15, -0.1) is 0 Å². The summed E-state index contributed by atoms with van der Waals surface area (Å²) >= 11 is 0. The summed E-state index contributed by atoms with van der Waals surface area (Å²) in [5.74, 6) is -2.75. The van der Waals surface area contributed by atoms with Gasteiger partial charge in [0, 0.05) is 26.3 Å². The van der Waals surface area contributed by atoms with Crippen LogP contribution in [0.4, 0.5) is 4.39 Å². The fourth-order valence-corrected chi connectivity index (χ4v) is 2.39. The van der Waals surface area contributed by atoms with E-state index >= 15 is 0 Å². The summed E-state index contributed by atoms with van der Waals surface area (Å²) in [6.45, 7) is 6.81. The summed E-state index contributed by atoms with van der Waals surface area (Å²) in [6.07, 6.45) is 0.627. The average Bonchev–Trinajstić information content (AvgIpc) is 2.56. The number of amides is 1.